The van der Waals surface area contributed by atoms with Crippen LogP contribution < -0.4 is 5.32 Å². The molecule has 0 aliphatic carbocycles. The number of aromatic hydroxyl groups is 1. The number of amides is 2. The highest BCUT2D eigenvalue weighted by Gasteiger charge is 2.22. The number of fused-ring (bicyclic) bond motifs is 2. The summed E-state index contributed by atoms with van der Waals surface area (Å²) in [6, 6.07) is 13.9. The van der Waals surface area contributed by atoms with Gasteiger partial charge in [-0.15, -0.1) is 0 Å². The number of benzene rings is 2. The smallest absolute Gasteiger partial charge is 0.317 e. The van der Waals surface area contributed by atoms with E-state index in [1.807, 2.05) is 11.0 Å². The molecule has 2 heterocycles. The molecule has 0 saturated carbocycles. The van der Waals surface area contributed by atoms with E-state index in [0.717, 1.165) is 38.2 Å². The lowest BCUT2D eigenvalue weighted by molar-refractivity contribution is 0.189. The second-order valence-electron chi connectivity index (χ2n) is 6.84. The summed E-state index contributed by atoms with van der Waals surface area (Å²) in [5, 5.41) is 12.7. The van der Waals surface area contributed by atoms with Crippen LogP contribution in [0.15, 0.2) is 42.5 Å². The highest BCUT2D eigenvalue weighted by molar-refractivity contribution is 5.74. The van der Waals surface area contributed by atoms with E-state index in [1.54, 1.807) is 12.1 Å². The van der Waals surface area contributed by atoms with Crippen molar-refractivity contribution in [3.63, 3.8) is 0 Å². The second kappa shape index (κ2) is 6.76. The first-order chi connectivity index (χ1) is 12.2. The van der Waals surface area contributed by atoms with Gasteiger partial charge in [0.25, 0.3) is 0 Å². The number of phenolic OH excluding ortho intramolecular Hbond substituents is 1. The molecule has 130 valence electrons. The van der Waals surface area contributed by atoms with E-state index in [0.29, 0.717) is 13.1 Å². The van der Waals surface area contributed by atoms with E-state index in [2.05, 4.69) is 34.5 Å². The van der Waals surface area contributed by atoms with Gasteiger partial charge in [0.1, 0.15) is 5.75 Å². The molecular weight excluding hydrogens is 314 g/mol. The SMILES string of the molecule is O=C(NCCN1Cc2ccccc2C1)N1CCc2ccc(O)cc2C1. The standard InChI is InChI=1S/C20H23N3O2/c24-19-6-5-15-7-9-23(14-18(15)11-19)20(25)21-8-10-22-12-16-3-1-2-4-17(16)13-22/h1-6,11,24H,7-10,12-14H2,(H,21,25). The molecule has 0 aromatic heterocycles. The van der Waals surface area contributed by atoms with Gasteiger partial charge in [-0.25, -0.2) is 4.79 Å². The molecule has 2 aliphatic rings. The van der Waals surface area contributed by atoms with Crippen LogP contribution in [0, 0.1) is 0 Å². The van der Waals surface area contributed by atoms with E-state index >= 15 is 0 Å². The van der Waals surface area contributed by atoms with E-state index in [9.17, 15) is 9.90 Å². The predicted octanol–water partition coefficient (Wildman–Crippen LogP) is 2.48. The van der Waals surface area contributed by atoms with Gasteiger partial charge >= 0.3 is 6.03 Å². The number of nitrogens with zero attached hydrogens (tertiary/aromatic N) is 2. The maximum atomic E-state index is 12.4. The van der Waals surface area contributed by atoms with E-state index < -0.39 is 0 Å². The summed E-state index contributed by atoms with van der Waals surface area (Å²) in [6.07, 6.45) is 0.838. The number of phenols is 1. The Kier molecular flexibility index (Phi) is 4.32. The van der Waals surface area contributed by atoms with Gasteiger partial charge in [-0.3, -0.25) is 4.90 Å². The Morgan fingerprint density at radius 2 is 1.76 bits per heavy atom. The molecule has 4 rings (SSSR count). The molecule has 5 nitrogen and oxygen atoms in total. The summed E-state index contributed by atoms with van der Waals surface area (Å²) in [6.45, 7) is 4.70. The molecule has 0 unspecified atom stereocenters. The van der Waals surface area contributed by atoms with Gasteiger partial charge in [0, 0.05) is 39.3 Å². The number of rotatable bonds is 3. The Hall–Kier alpha value is -2.53. The van der Waals surface area contributed by atoms with Crippen LogP contribution in [-0.2, 0) is 26.1 Å². The summed E-state index contributed by atoms with van der Waals surface area (Å²) >= 11 is 0. The summed E-state index contributed by atoms with van der Waals surface area (Å²) in [5.74, 6) is 0.259. The first kappa shape index (κ1) is 16.0. The number of carbonyl (C=O) groups excluding carboxylic acids is 1. The fourth-order valence-corrected chi connectivity index (χ4v) is 3.71. The zero-order valence-corrected chi connectivity index (χ0v) is 14.2. The zero-order chi connectivity index (χ0) is 17.2. The van der Waals surface area contributed by atoms with Gasteiger partial charge in [0.15, 0.2) is 0 Å². The lowest BCUT2D eigenvalue weighted by atomic mass is 10.00. The first-order valence-electron chi connectivity index (χ1n) is 8.82. The topological polar surface area (TPSA) is 55.8 Å². The summed E-state index contributed by atoms with van der Waals surface area (Å²) in [4.78, 5) is 16.6. The van der Waals surface area contributed by atoms with E-state index in [4.69, 9.17) is 0 Å². The van der Waals surface area contributed by atoms with Crippen molar-refractivity contribution in [3.05, 3.63) is 64.7 Å². The summed E-state index contributed by atoms with van der Waals surface area (Å²) in [7, 11) is 0. The minimum absolute atomic E-state index is 0.0225. The molecule has 25 heavy (non-hydrogen) atoms. The summed E-state index contributed by atoms with van der Waals surface area (Å²) in [5.41, 5.74) is 5.04. The largest absolute Gasteiger partial charge is 0.508 e. The van der Waals surface area contributed by atoms with Crippen molar-refractivity contribution in [1.29, 1.82) is 0 Å². The lowest BCUT2D eigenvalue weighted by Crippen LogP contribution is -2.44. The monoisotopic (exact) mass is 337 g/mol. The Labute approximate surface area is 147 Å². The number of carbonyl (C=O) groups is 1. The van der Waals surface area contributed by atoms with Crippen LogP contribution in [0.1, 0.15) is 22.3 Å². The van der Waals surface area contributed by atoms with Crippen molar-refractivity contribution in [2.75, 3.05) is 19.6 Å². The lowest BCUT2D eigenvalue weighted by Gasteiger charge is -2.29. The molecule has 0 radical (unpaired) electrons. The van der Waals surface area contributed by atoms with Gasteiger partial charge < -0.3 is 15.3 Å². The Bertz CT molecular complexity index is 765. The molecule has 5 heteroatoms. The van der Waals surface area contributed by atoms with Crippen LogP contribution in [0.2, 0.25) is 0 Å². The van der Waals surface area contributed by atoms with Crippen molar-refractivity contribution >= 4 is 6.03 Å². The van der Waals surface area contributed by atoms with Crippen LogP contribution in [0.4, 0.5) is 4.79 Å². The molecule has 0 saturated heterocycles. The Balaban J connectivity index is 1.26. The average Bonchev–Trinajstić information content (AvgIpc) is 3.03. The van der Waals surface area contributed by atoms with Crippen LogP contribution in [0.25, 0.3) is 0 Å². The van der Waals surface area contributed by atoms with Crippen molar-refractivity contribution in [3.8, 4) is 5.75 Å². The molecule has 2 aromatic rings. The van der Waals surface area contributed by atoms with Gasteiger partial charge in [-0.2, -0.15) is 0 Å². The molecule has 0 spiro atoms. The van der Waals surface area contributed by atoms with Gasteiger partial charge in [-0.1, -0.05) is 30.3 Å². The molecule has 2 N–H and O–H groups in total. The van der Waals surface area contributed by atoms with Crippen LogP contribution in [0.5, 0.6) is 5.75 Å². The maximum Gasteiger partial charge on any atom is 0.317 e. The van der Waals surface area contributed by atoms with E-state index in [-0.39, 0.29) is 11.8 Å². The third-order valence-corrected chi connectivity index (χ3v) is 5.10. The minimum Gasteiger partial charge on any atom is -0.508 e. The van der Waals surface area contributed by atoms with Gasteiger partial charge in [0.2, 0.25) is 0 Å². The van der Waals surface area contributed by atoms with E-state index in [1.165, 1.54) is 16.7 Å². The third kappa shape index (κ3) is 3.46. The molecule has 0 atom stereocenters. The molecule has 2 aromatic carbocycles. The second-order valence-corrected chi connectivity index (χ2v) is 6.84. The Morgan fingerprint density at radius 3 is 2.52 bits per heavy atom. The van der Waals surface area contributed by atoms with Crippen molar-refractivity contribution in [2.45, 2.75) is 26.1 Å². The molecule has 0 bridgehead atoms. The number of nitrogens with one attached hydrogen (secondary N) is 1. The molecular formula is C20H23N3O2. The minimum atomic E-state index is -0.0225. The van der Waals surface area contributed by atoms with Crippen molar-refractivity contribution in [2.24, 2.45) is 0 Å². The highest BCUT2D eigenvalue weighted by Crippen LogP contribution is 2.23. The van der Waals surface area contributed by atoms with Crippen molar-refractivity contribution < 1.29 is 9.90 Å². The fraction of sp³-hybridized carbons (Fsp3) is 0.350. The summed E-state index contributed by atoms with van der Waals surface area (Å²) < 4.78 is 0. The predicted molar refractivity (Wildman–Crippen MR) is 96.2 cm³/mol. The number of hydrogen-bond donors (Lipinski definition) is 2. The average molecular weight is 337 g/mol. The van der Waals surface area contributed by atoms with Crippen LogP contribution >= 0.6 is 0 Å². The van der Waals surface area contributed by atoms with Crippen LogP contribution in [0.3, 0.4) is 0 Å². The highest BCUT2D eigenvalue weighted by atomic mass is 16.3. The molecule has 0 fully saturated rings. The normalized spacial score (nSPS) is 16.4. The molecule has 2 aliphatic heterocycles. The number of hydrogen-bond acceptors (Lipinski definition) is 3. The fourth-order valence-electron chi connectivity index (χ4n) is 3.71. The van der Waals surface area contributed by atoms with Gasteiger partial charge in [0.05, 0.1) is 0 Å². The maximum absolute atomic E-state index is 12.4. The Morgan fingerprint density at radius 1 is 1.00 bits per heavy atom. The molecule has 2 amide bonds. The number of urea groups is 1. The van der Waals surface area contributed by atoms with Gasteiger partial charge in [-0.05, 0) is 40.8 Å². The van der Waals surface area contributed by atoms with Crippen LogP contribution in [-0.4, -0.2) is 40.6 Å². The zero-order valence-electron chi connectivity index (χ0n) is 14.2. The quantitative estimate of drug-likeness (QED) is 0.905. The first-order valence-corrected chi connectivity index (χ1v) is 8.82. The van der Waals surface area contributed by atoms with Crippen molar-refractivity contribution in [1.82, 2.24) is 15.1 Å². The third-order valence-electron chi connectivity index (χ3n) is 5.10.